The SMILES string of the molecule is CCc1nc([C@@H]2CCCN2CC(=O)NCCC2=CCCCC2)no1. The van der Waals surface area contributed by atoms with Crippen LogP contribution in [-0.4, -0.2) is 40.6 Å². The minimum Gasteiger partial charge on any atom is -0.355 e. The molecular formula is C18H28N4O2. The molecular weight excluding hydrogens is 304 g/mol. The summed E-state index contributed by atoms with van der Waals surface area (Å²) in [7, 11) is 0. The smallest absolute Gasteiger partial charge is 0.234 e. The zero-order valence-electron chi connectivity index (χ0n) is 14.6. The van der Waals surface area contributed by atoms with Crippen LogP contribution in [0.15, 0.2) is 16.2 Å². The van der Waals surface area contributed by atoms with Gasteiger partial charge in [-0.2, -0.15) is 4.98 Å². The fourth-order valence-corrected chi connectivity index (χ4v) is 3.59. The van der Waals surface area contributed by atoms with Crippen LogP contribution in [0.25, 0.3) is 0 Å². The van der Waals surface area contributed by atoms with E-state index in [1.807, 2.05) is 6.92 Å². The lowest BCUT2D eigenvalue weighted by molar-refractivity contribution is -0.122. The molecule has 0 aromatic carbocycles. The van der Waals surface area contributed by atoms with E-state index in [1.54, 1.807) is 0 Å². The summed E-state index contributed by atoms with van der Waals surface area (Å²) < 4.78 is 5.22. The number of carbonyl (C=O) groups excluding carboxylic acids is 1. The van der Waals surface area contributed by atoms with Crippen LogP contribution in [-0.2, 0) is 11.2 Å². The number of hydrogen-bond donors (Lipinski definition) is 1. The van der Waals surface area contributed by atoms with E-state index in [0.29, 0.717) is 12.4 Å². The molecule has 1 aromatic heterocycles. The van der Waals surface area contributed by atoms with Crippen LogP contribution >= 0.6 is 0 Å². The number of hydrogen-bond acceptors (Lipinski definition) is 5. The number of aryl methyl sites for hydroxylation is 1. The highest BCUT2D eigenvalue weighted by atomic mass is 16.5. The molecule has 1 atom stereocenters. The quantitative estimate of drug-likeness (QED) is 0.777. The second kappa shape index (κ2) is 8.42. The molecule has 132 valence electrons. The van der Waals surface area contributed by atoms with Gasteiger partial charge >= 0.3 is 0 Å². The van der Waals surface area contributed by atoms with Crippen molar-refractivity contribution in [2.75, 3.05) is 19.6 Å². The van der Waals surface area contributed by atoms with Crippen LogP contribution < -0.4 is 5.32 Å². The monoisotopic (exact) mass is 332 g/mol. The minimum atomic E-state index is 0.0949. The van der Waals surface area contributed by atoms with E-state index in [9.17, 15) is 4.79 Å². The summed E-state index contributed by atoms with van der Waals surface area (Å²) in [5.41, 5.74) is 1.50. The molecule has 1 fully saturated rings. The molecule has 3 rings (SSSR count). The standard InChI is InChI=1S/C18H28N4O2/c1-2-17-20-18(21-24-17)15-9-6-12-22(15)13-16(23)19-11-10-14-7-4-3-5-8-14/h7,15H,2-6,8-13H2,1H3,(H,19,23)/t15-/m0/s1. The Morgan fingerprint density at radius 3 is 3.08 bits per heavy atom. The Kier molecular flexibility index (Phi) is 6.01. The average molecular weight is 332 g/mol. The Labute approximate surface area is 143 Å². The van der Waals surface area contributed by atoms with Crippen LogP contribution in [0.4, 0.5) is 0 Å². The first kappa shape index (κ1) is 17.1. The van der Waals surface area contributed by atoms with Crippen LogP contribution in [0.3, 0.4) is 0 Å². The molecule has 1 amide bonds. The highest BCUT2D eigenvalue weighted by Crippen LogP contribution is 2.29. The second-order valence-electron chi connectivity index (χ2n) is 6.74. The number of amides is 1. The first-order chi connectivity index (χ1) is 11.8. The summed E-state index contributed by atoms with van der Waals surface area (Å²) in [4.78, 5) is 18.8. The summed E-state index contributed by atoms with van der Waals surface area (Å²) in [5, 5.41) is 7.14. The maximum Gasteiger partial charge on any atom is 0.234 e. The molecule has 0 spiro atoms. The summed E-state index contributed by atoms with van der Waals surface area (Å²) in [6.07, 6.45) is 11.1. The number of allylic oxidation sites excluding steroid dienone is 1. The fraction of sp³-hybridized carbons (Fsp3) is 0.722. The second-order valence-corrected chi connectivity index (χ2v) is 6.74. The Bertz CT molecular complexity index is 581. The summed E-state index contributed by atoms with van der Waals surface area (Å²) in [6.45, 7) is 4.07. The molecule has 1 aliphatic carbocycles. The maximum absolute atomic E-state index is 12.2. The molecule has 0 radical (unpaired) electrons. The van der Waals surface area contributed by atoms with Crippen molar-refractivity contribution in [3.05, 3.63) is 23.4 Å². The molecule has 0 saturated carbocycles. The first-order valence-electron chi connectivity index (χ1n) is 9.27. The van der Waals surface area contributed by atoms with Crippen molar-refractivity contribution in [2.45, 2.75) is 64.3 Å². The third kappa shape index (κ3) is 4.44. The lowest BCUT2D eigenvalue weighted by atomic mass is 9.97. The first-order valence-corrected chi connectivity index (χ1v) is 9.27. The van der Waals surface area contributed by atoms with Gasteiger partial charge in [0.05, 0.1) is 12.6 Å². The van der Waals surface area contributed by atoms with E-state index >= 15 is 0 Å². The Balaban J connectivity index is 1.45. The van der Waals surface area contributed by atoms with Crippen molar-refractivity contribution in [1.82, 2.24) is 20.4 Å². The largest absolute Gasteiger partial charge is 0.355 e. The predicted octanol–water partition coefficient (Wildman–Crippen LogP) is 2.78. The summed E-state index contributed by atoms with van der Waals surface area (Å²) >= 11 is 0. The van der Waals surface area contributed by atoms with Gasteiger partial charge in [0.25, 0.3) is 0 Å². The molecule has 0 bridgehead atoms. The predicted molar refractivity (Wildman–Crippen MR) is 91.4 cm³/mol. The summed E-state index contributed by atoms with van der Waals surface area (Å²) in [5.74, 6) is 1.49. The van der Waals surface area contributed by atoms with Crippen molar-refractivity contribution in [1.29, 1.82) is 0 Å². The number of nitrogens with zero attached hydrogens (tertiary/aromatic N) is 3. The van der Waals surface area contributed by atoms with Gasteiger partial charge < -0.3 is 9.84 Å². The number of nitrogens with one attached hydrogen (secondary N) is 1. The average Bonchev–Trinajstić information content (AvgIpc) is 3.24. The minimum absolute atomic E-state index is 0.0949. The van der Waals surface area contributed by atoms with Gasteiger partial charge in [-0.25, -0.2) is 0 Å². The van der Waals surface area contributed by atoms with E-state index in [0.717, 1.165) is 44.6 Å². The fourth-order valence-electron chi connectivity index (χ4n) is 3.59. The van der Waals surface area contributed by atoms with Crippen molar-refractivity contribution < 1.29 is 9.32 Å². The lowest BCUT2D eigenvalue weighted by Gasteiger charge is -2.21. The zero-order valence-corrected chi connectivity index (χ0v) is 14.6. The molecule has 2 heterocycles. The van der Waals surface area contributed by atoms with E-state index in [4.69, 9.17) is 4.52 Å². The third-order valence-electron chi connectivity index (χ3n) is 4.95. The van der Waals surface area contributed by atoms with Crippen molar-refractivity contribution in [3.63, 3.8) is 0 Å². The van der Waals surface area contributed by atoms with Gasteiger partial charge in [-0.3, -0.25) is 9.69 Å². The van der Waals surface area contributed by atoms with Gasteiger partial charge in [-0.1, -0.05) is 23.7 Å². The van der Waals surface area contributed by atoms with E-state index in [2.05, 4.69) is 26.4 Å². The van der Waals surface area contributed by atoms with E-state index in [-0.39, 0.29) is 11.9 Å². The Hall–Kier alpha value is -1.69. The number of carbonyl (C=O) groups is 1. The van der Waals surface area contributed by atoms with Gasteiger partial charge in [-0.05, 0) is 51.5 Å². The third-order valence-corrected chi connectivity index (χ3v) is 4.95. The molecule has 1 aromatic rings. The maximum atomic E-state index is 12.2. The molecule has 6 heteroatoms. The van der Waals surface area contributed by atoms with Gasteiger partial charge in [-0.15, -0.1) is 0 Å². The number of aromatic nitrogens is 2. The molecule has 1 aliphatic heterocycles. The molecule has 6 nitrogen and oxygen atoms in total. The van der Waals surface area contributed by atoms with Gasteiger partial charge in [0.15, 0.2) is 5.82 Å². The van der Waals surface area contributed by atoms with E-state index in [1.165, 1.54) is 31.3 Å². The highest BCUT2D eigenvalue weighted by Gasteiger charge is 2.31. The topological polar surface area (TPSA) is 71.3 Å². The number of likely N-dealkylation sites (tertiary alicyclic amines) is 1. The van der Waals surface area contributed by atoms with Crippen LogP contribution in [0.1, 0.15) is 69.6 Å². The molecule has 2 aliphatic rings. The lowest BCUT2D eigenvalue weighted by Crippen LogP contribution is -2.37. The van der Waals surface area contributed by atoms with Crippen molar-refractivity contribution in [3.8, 4) is 0 Å². The molecule has 1 N–H and O–H groups in total. The van der Waals surface area contributed by atoms with E-state index < -0.39 is 0 Å². The molecule has 1 saturated heterocycles. The molecule has 24 heavy (non-hydrogen) atoms. The van der Waals surface area contributed by atoms with Crippen LogP contribution in [0, 0.1) is 0 Å². The zero-order chi connectivity index (χ0) is 16.8. The Morgan fingerprint density at radius 1 is 1.42 bits per heavy atom. The number of rotatable bonds is 7. The van der Waals surface area contributed by atoms with Crippen LogP contribution in [0.5, 0.6) is 0 Å². The van der Waals surface area contributed by atoms with Crippen LogP contribution in [0.2, 0.25) is 0 Å². The normalized spacial score (nSPS) is 21.7. The van der Waals surface area contributed by atoms with Crippen molar-refractivity contribution in [2.24, 2.45) is 0 Å². The van der Waals surface area contributed by atoms with Gasteiger partial charge in [0.2, 0.25) is 11.8 Å². The Morgan fingerprint density at radius 2 is 2.33 bits per heavy atom. The van der Waals surface area contributed by atoms with Crippen molar-refractivity contribution >= 4 is 5.91 Å². The summed E-state index contributed by atoms with van der Waals surface area (Å²) in [6, 6.07) is 0.112. The highest BCUT2D eigenvalue weighted by molar-refractivity contribution is 5.78. The molecule has 0 unspecified atom stereocenters. The van der Waals surface area contributed by atoms with Gasteiger partial charge in [0, 0.05) is 13.0 Å². The van der Waals surface area contributed by atoms with Gasteiger partial charge in [0.1, 0.15) is 0 Å².